The van der Waals surface area contributed by atoms with Gasteiger partial charge in [-0.1, -0.05) is 41.2 Å². The van der Waals surface area contributed by atoms with Crippen LogP contribution in [0, 0.1) is 5.92 Å². The monoisotopic (exact) mass is 494 g/mol. The lowest BCUT2D eigenvalue weighted by atomic mass is 9.85. The molecule has 0 amide bonds. The van der Waals surface area contributed by atoms with E-state index in [0.717, 1.165) is 50.0 Å². The predicted molar refractivity (Wildman–Crippen MR) is 137 cm³/mol. The molecular formula is C27H41F3N4O. The number of hydrogen-bond acceptors (Lipinski definition) is 5. The summed E-state index contributed by atoms with van der Waals surface area (Å²) >= 11 is 0. The highest BCUT2D eigenvalue weighted by Crippen LogP contribution is 2.39. The lowest BCUT2D eigenvalue weighted by Crippen LogP contribution is -2.43. The van der Waals surface area contributed by atoms with Crippen molar-refractivity contribution in [2.24, 2.45) is 5.92 Å². The van der Waals surface area contributed by atoms with Gasteiger partial charge in [0.05, 0.1) is 6.04 Å². The van der Waals surface area contributed by atoms with Crippen LogP contribution < -0.4 is 10.5 Å². The van der Waals surface area contributed by atoms with Gasteiger partial charge in [-0.15, -0.1) is 13.2 Å². The van der Waals surface area contributed by atoms with Gasteiger partial charge >= 0.3 is 6.36 Å². The second kappa shape index (κ2) is 12.4. The van der Waals surface area contributed by atoms with Crippen molar-refractivity contribution < 1.29 is 17.9 Å². The van der Waals surface area contributed by atoms with Gasteiger partial charge in [0.2, 0.25) is 0 Å². The minimum Gasteiger partial charge on any atom is -0.402 e. The first kappa shape index (κ1) is 28.6. The van der Waals surface area contributed by atoms with Gasteiger partial charge in [0, 0.05) is 48.9 Å². The van der Waals surface area contributed by atoms with Gasteiger partial charge < -0.3 is 20.3 Å². The highest BCUT2D eigenvalue weighted by Gasteiger charge is 2.35. The molecule has 0 fully saturated rings. The molecule has 0 saturated carbocycles. The van der Waals surface area contributed by atoms with Crippen molar-refractivity contribution in [1.82, 2.24) is 14.8 Å². The van der Waals surface area contributed by atoms with Gasteiger partial charge in [0.25, 0.3) is 0 Å². The maximum absolute atomic E-state index is 12.8. The van der Waals surface area contributed by atoms with Crippen LogP contribution in [0.3, 0.4) is 0 Å². The molecule has 1 atom stereocenters. The van der Waals surface area contributed by atoms with Gasteiger partial charge in [-0.2, -0.15) is 0 Å². The average molecular weight is 495 g/mol. The summed E-state index contributed by atoms with van der Waals surface area (Å²) in [5.74, 6) is -0.357. The van der Waals surface area contributed by atoms with Crippen LogP contribution in [0.5, 0.6) is 5.75 Å². The molecule has 0 spiro atoms. The number of aromatic nitrogens is 1. The normalized spacial score (nSPS) is 16.4. The van der Waals surface area contributed by atoms with Crippen molar-refractivity contribution in [1.29, 1.82) is 0 Å². The van der Waals surface area contributed by atoms with E-state index >= 15 is 0 Å². The minimum atomic E-state index is -4.84. The Kier molecular flexibility index (Phi) is 10.1. The summed E-state index contributed by atoms with van der Waals surface area (Å²) in [4.78, 5) is 8.64. The van der Waals surface area contributed by atoms with E-state index in [1.807, 2.05) is 13.1 Å². The molecule has 2 N–H and O–H groups in total. The number of rotatable bonds is 13. The van der Waals surface area contributed by atoms with Gasteiger partial charge in [-0.3, -0.25) is 0 Å². The Bertz CT molecular complexity index is 931. The summed E-state index contributed by atoms with van der Waals surface area (Å²) in [6.07, 6.45) is 3.20. The standard InChI is InChI=1S/C27H41F3N4O/c1-8-11-33(12-9-2)23-15-24(20(23)7)34(19(6)13-18(4)5)17-21(10-3)22-14-25(26(31)32-16-22)35-27(28,29)30/h14,16-18,24H,6,8-13,15H2,1-5,7H3,(H2,31,32)/b21-17+. The van der Waals surface area contributed by atoms with Crippen molar-refractivity contribution in [2.75, 3.05) is 18.8 Å². The van der Waals surface area contributed by atoms with Crippen LogP contribution in [0.25, 0.3) is 5.57 Å². The Morgan fingerprint density at radius 1 is 1.26 bits per heavy atom. The SMILES string of the molecule is C=C(CC(C)C)N(/C=C(\CC)c1cnc(N)c(OC(F)(F)F)c1)C1CC(N(CCC)CCC)=C1C. The molecule has 35 heavy (non-hydrogen) atoms. The molecule has 2 rings (SSSR count). The second-order valence-corrected chi connectivity index (χ2v) is 9.57. The molecule has 8 heteroatoms. The van der Waals surface area contributed by atoms with Crippen LogP contribution in [-0.4, -0.2) is 40.3 Å². The molecular weight excluding hydrogens is 453 g/mol. The summed E-state index contributed by atoms with van der Waals surface area (Å²) in [5.41, 5.74) is 10.7. The van der Waals surface area contributed by atoms with Crippen LogP contribution in [0.1, 0.15) is 79.2 Å². The Hall–Kier alpha value is -2.64. The van der Waals surface area contributed by atoms with Crippen LogP contribution in [0.4, 0.5) is 19.0 Å². The number of ether oxygens (including phenoxy) is 1. The highest BCUT2D eigenvalue weighted by atomic mass is 19.4. The van der Waals surface area contributed by atoms with Crippen LogP contribution >= 0.6 is 0 Å². The van der Waals surface area contributed by atoms with E-state index in [2.05, 4.69) is 60.7 Å². The Labute approximate surface area is 208 Å². The first-order chi connectivity index (χ1) is 16.4. The van der Waals surface area contributed by atoms with Gasteiger partial charge in [-0.05, 0) is 55.7 Å². The van der Waals surface area contributed by atoms with Crippen molar-refractivity contribution in [2.45, 2.75) is 86.1 Å². The third-order valence-electron chi connectivity index (χ3n) is 6.21. The Balaban J connectivity index is 2.45. The predicted octanol–water partition coefficient (Wildman–Crippen LogP) is 7.34. The molecule has 0 bridgehead atoms. The molecule has 0 radical (unpaired) electrons. The van der Waals surface area contributed by atoms with Crippen molar-refractivity contribution in [3.63, 3.8) is 0 Å². The first-order valence-corrected chi connectivity index (χ1v) is 12.5. The average Bonchev–Trinajstić information content (AvgIpc) is 2.75. The second-order valence-electron chi connectivity index (χ2n) is 9.57. The van der Waals surface area contributed by atoms with Gasteiger partial charge in [0.1, 0.15) is 0 Å². The number of nitrogens with two attached hydrogens (primary N) is 1. The molecule has 1 heterocycles. The number of alkyl halides is 3. The first-order valence-electron chi connectivity index (χ1n) is 12.5. The van der Waals surface area contributed by atoms with E-state index in [9.17, 15) is 13.2 Å². The fourth-order valence-corrected chi connectivity index (χ4v) is 4.52. The molecule has 1 aromatic heterocycles. The molecule has 5 nitrogen and oxygen atoms in total. The van der Waals surface area contributed by atoms with Crippen LogP contribution in [0.15, 0.2) is 42.0 Å². The zero-order valence-corrected chi connectivity index (χ0v) is 22.0. The molecule has 0 aliphatic heterocycles. The fourth-order valence-electron chi connectivity index (χ4n) is 4.52. The summed E-state index contributed by atoms with van der Waals surface area (Å²) in [7, 11) is 0. The lowest BCUT2D eigenvalue weighted by Gasteiger charge is -2.45. The third kappa shape index (κ3) is 7.67. The fraction of sp³-hybridized carbons (Fsp3) is 0.593. The Morgan fingerprint density at radius 2 is 1.89 bits per heavy atom. The van der Waals surface area contributed by atoms with Crippen molar-refractivity contribution >= 4 is 11.4 Å². The van der Waals surface area contributed by atoms with Gasteiger partial charge in [0.15, 0.2) is 11.6 Å². The number of allylic oxidation sites excluding steroid dienone is 2. The third-order valence-corrected chi connectivity index (χ3v) is 6.21. The molecule has 1 unspecified atom stereocenters. The quantitative estimate of drug-likeness (QED) is 0.311. The number of anilines is 1. The maximum atomic E-state index is 12.8. The largest absolute Gasteiger partial charge is 0.573 e. The van der Waals surface area contributed by atoms with Gasteiger partial charge in [-0.25, -0.2) is 4.98 Å². The van der Waals surface area contributed by atoms with Crippen LogP contribution in [0.2, 0.25) is 0 Å². The molecule has 1 aliphatic carbocycles. The Morgan fingerprint density at radius 3 is 2.37 bits per heavy atom. The molecule has 0 saturated heterocycles. The van der Waals surface area contributed by atoms with E-state index in [1.165, 1.54) is 23.5 Å². The molecule has 1 aromatic rings. The van der Waals surface area contributed by atoms with E-state index in [4.69, 9.17) is 5.73 Å². The number of hydrogen-bond donors (Lipinski definition) is 1. The summed E-state index contributed by atoms with van der Waals surface area (Å²) < 4.78 is 42.6. The van der Waals surface area contributed by atoms with Crippen LogP contribution in [-0.2, 0) is 0 Å². The molecule has 0 aromatic carbocycles. The highest BCUT2D eigenvalue weighted by molar-refractivity contribution is 5.68. The maximum Gasteiger partial charge on any atom is 0.573 e. The lowest BCUT2D eigenvalue weighted by molar-refractivity contribution is -0.274. The zero-order valence-electron chi connectivity index (χ0n) is 22.0. The van der Waals surface area contributed by atoms with E-state index in [0.29, 0.717) is 17.9 Å². The number of nitrogens with zero attached hydrogens (tertiary/aromatic N) is 3. The van der Waals surface area contributed by atoms with Crippen molar-refractivity contribution in [3.8, 4) is 5.75 Å². The van der Waals surface area contributed by atoms with E-state index in [-0.39, 0.29) is 11.9 Å². The smallest absolute Gasteiger partial charge is 0.402 e. The van der Waals surface area contributed by atoms with E-state index < -0.39 is 12.1 Å². The number of pyridine rings is 1. The van der Waals surface area contributed by atoms with E-state index in [1.54, 1.807) is 0 Å². The summed E-state index contributed by atoms with van der Waals surface area (Å²) in [6.45, 7) is 19.3. The topological polar surface area (TPSA) is 54.6 Å². The number of halogens is 3. The summed E-state index contributed by atoms with van der Waals surface area (Å²) in [5, 5.41) is 0. The van der Waals surface area contributed by atoms with Crippen molar-refractivity contribution in [3.05, 3.63) is 47.6 Å². The molecule has 1 aliphatic rings. The number of nitrogen functional groups attached to an aromatic ring is 1. The summed E-state index contributed by atoms with van der Waals surface area (Å²) in [6, 6.07) is 1.48. The minimum absolute atomic E-state index is 0.168. The zero-order chi connectivity index (χ0) is 26.3. The molecule has 196 valence electrons.